The second kappa shape index (κ2) is 7.41. The van der Waals surface area contributed by atoms with Crippen LogP contribution >= 0.6 is 11.3 Å². The molecule has 1 saturated heterocycles. The zero-order valence-corrected chi connectivity index (χ0v) is 16.8. The number of phenols is 1. The van der Waals surface area contributed by atoms with Crippen LogP contribution in [0.5, 0.6) is 5.75 Å². The van der Waals surface area contributed by atoms with E-state index in [1.165, 1.54) is 0 Å². The Morgan fingerprint density at radius 3 is 2.79 bits per heavy atom. The van der Waals surface area contributed by atoms with Crippen LogP contribution in [0.1, 0.15) is 12.8 Å². The van der Waals surface area contributed by atoms with Crippen molar-refractivity contribution in [2.24, 2.45) is 0 Å². The Bertz CT molecular complexity index is 1140. The highest BCUT2D eigenvalue weighted by atomic mass is 32.1. The molecule has 29 heavy (non-hydrogen) atoms. The number of hydrogen-bond acceptors (Lipinski definition) is 8. The van der Waals surface area contributed by atoms with Gasteiger partial charge in [-0.3, -0.25) is 5.10 Å². The van der Waals surface area contributed by atoms with Crippen LogP contribution < -0.4 is 10.2 Å². The van der Waals surface area contributed by atoms with Crippen LogP contribution in [0.15, 0.2) is 36.7 Å². The van der Waals surface area contributed by atoms with Gasteiger partial charge in [-0.1, -0.05) is 17.4 Å². The molecule has 5 rings (SSSR count). The van der Waals surface area contributed by atoms with Gasteiger partial charge in [0.25, 0.3) is 0 Å². The molecule has 1 fully saturated rings. The number of piperidine rings is 1. The number of H-pyrrole nitrogens is 1. The number of aromatic nitrogens is 5. The van der Waals surface area contributed by atoms with Crippen molar-refractivity contribution >= 4 is 26.9 Å². The largest absolute Gasteiger partial charge is 0.507 e. The number of fused-ring (bicyclic) bond motifs is 1. The third-order valence-electron chi connectivity index (χ3n) is 5.36. The molecule has 3 N–H and O–H groups in total. The minimum atomic E-state index is 0.155. The SMILES string of the molecule is CN(c1nc2ncc(-c3ccc(-c4ccn[nH]4)cc3O)nc2s1)C1CCNCC1. The molecule has 1 aliphatic rings. The molecule has 0 bridgehead atoms. The molecule has 0 spiro atoms. The van der Waals surface area contributed by atoms with Gasteiger partial charge in [0.1, 0.15) is 5.75 Å². The molecule has 0 radical (unpaired) electrons. The number of benzene rings is 1. The summed E-state index contributed by atoms with van der Waals surface area (Å²) in [7, 11) is 2.09. The maximum atomic E-state index is 10.6. The quantitative estimate of drug-likeness (QED) is 0.478. The Balaban J connectivity index is 1.45. The number of aromatic hydroxyl groups is 1. The molecule has 4 heterocycles. The zero-order valence-electron chi connectivity index (χ0n) is 16.0. The molecule has 4 aromatic rings. The first-order valence-electron chi connectivity index (χ1n) is 9.59. The number of rotatable bonds is 4. The van der Waals surface area contributed by atoms with E-state index >= 15 is 0 Å². The summed E-state index contributed by atoms with van der Waals surface area (Å²) in [4.78, 5) is 16.9. The molecule has 0 atom stereocenters. The van der Waals surface area contributed by atoms with Gasteiger partial charge >= 0.3 is 0 Å². The summed E-state index contributed by atoms with van der Waals surface area (Å²) in [5.74, 6) is 0.155. The average Bonchev–Trinajstić information content (AvgIpc) is 3.43. The number of hydrogen-bond donors (Lipinski definition) is 3. The van der Waals surface area contributed by atoms with E-state index in [1.807, 2.05) is 18.2 Å². The summed E-state index contributed by atoms with van der Waals surface area (Å²) in [5, 5.41) is 21.7. The van der Waals surface area contributed by atoms with Gasteiger partial charge in [-0.2, -0.15) is 10.1 Å². The van der Waals surface area contributed by atoms with E-state index in [-0.39, 0.29) is 5.75 Å². The molecule has 3 aromatic heterocycles. The van der Waals surface area contributed by atoms with Crippen LogP contribution in [0.25, 0.3) is 33.0 Å². The molecule has 1 aliphatic heterocycles. The van der Waals surface area contributed by atoms with E-state index in [9.17, 15) is 5.11 Å². The lowest BCUT2D eigenvalue weighted by atomic mass is 10.1. The van der Waals surface area contributed by atoms with Gasteiger partial charge in [-0.15, -0.1) is 0 Å². The number of nitrogens with one attached hydrogen (secondary N) is 2. The van der Waals surface area contributed by atoms with Crippen LogP contribution in [0.2, 0.25) is 0 Å². The number of phenolic OH excluding ortho intramolecular Hbond substituents is 1. The number of nitrogens with zero attached hydrogens (tertiary/aromatic N) is 5. The van der Waals surface area contributed by atoms with E-state index in [0.29, 0.717) is 22.9 Å². The summed E-state index contributed by atoms with van der Waals surface area (Å²) in [5.41, 5.74) is 3.63. The molecule has 0 aliphatic carbocycles. The third kappa shape index (κ3) is 3.43. The second-order valence-corrected chi connectivity index (χ2v) is 8.13. The fourth-order valence-electron chi connectivity index (χ4n) is 3.67. The molecular weight excluding hydrogens is 386 g/mol. The molecule has 8 nitrogen and oxygen atoms in total. The van der Waals surface area contributed by atoms with E-state index < -0.39 is 0 Å². The summed E-state index contributed by atoms with van der Waals surface area (Å²) in [6, 6.07) is 7.83. The van der Waals surface area contributed by atoms with Crippen molar-refractivity contribution in [2.75, 3.05) is 25.0 Å². The maximum absolute atomic E-state index is 10.6. The standard InChI is InChI=1S/C20H21N7OS/c1-27(13-4-7-21-8-5-13)20-25-18-19(29-20)24-16(11-22-18)14-3-2-12(10-17(14)28)15-6-9-23-26-15/h2-3,6,9-11,13,21,28H,4-5,7-8H2,1H3,(H,23,26). The lowest BCUT2D eigenvalue weighted by Crippen LogP contribution is -2.41. The first-order valence-corrected chi connectivity index (χ1v) is 10.4. The van der Waals surface area contributed by atoms with Gasteiger partial charge in [0.05, 0.1) is 17.6 Å². The second-order valence-electron chi connectivity index (χ2n) is 7.17. The van der Waals surface area contributed by atoms with Crippen LogP contribution in [0.3, 0.4) is 0 Å². The predicted octanol–water partition coefficient (Wildman–Crippen LogP) is 3.04. The van der Waals surface area contributed by atoms with Crippen molar-refractivity contribution in [1.29, 1.82) is 0 Å². The Kier molecular flexibility index (Phi) is 4.61. The highest BCUT2D eigenvalue weighted by molar-refractivity contribution is 7.21. The van der Waals surface area contributed by atoms with Gasteiger partial charge < -0.3 is 15.3 Å². The lowest BCUT2D eigenvalue weighted by Gasteiger charge is -2.31. The van der Waals surface area contributed by atoms with Crippen molar-refractivity contribution in [3.63, 3.8) is 0 Å². The van der Waals surface area contributed by atoms with Gasteiger partial charge in [0.2, 0.25) is 0 Å². The molecule has 0 saturated carbocycles. The van der Waals surface area contributed by atoms with E-state index in [1.54, 1.807) is 29.8 Å². The highest BCUT2D eigenvalue weighted by Crippen LogP contribution is 2.34. The molecular formula is C20H21N7OS. The maximum Gasteiger partial charge on any atom is 0.191 e. The van der Waals surface area contributed by atoms with Crippen molar-refractivity contribution in [3.05, 3.63) is 36.7 Å². The minimum absolute atomic E-state index is 0.155. The van der Waals surface area contributed by atoms with Crippen LogP contribution in [-0.4, -0.2) is 56.4 Å². The van der Waals surface area contributed by atoms with Crippen molar-refractivity contribution in [2.45, 2.75) is 18.9 Å². The molecule has 0 amide bonds. The van der Waals surface area contributed by atoms with Crippen LogP contribution in [0.4, 0.5) is 5.13 Å². The summed E-state index contributed by atoms with van der Waals surface area (Å²) in [6.07, 6.45) is 5.56. The van der Waals surface area contributed by atoms with Crippen molar-refractivity contribution in [1.82, 2.24) is 30.5 Å². The number of anilines is 1. The minimum Gasteiger partial charge on any atom is -0.507 e. The number of thiazole rings is 1. The average molecular weight is 408 g/mol. The normalized spacial score (nSPS) is 15.1. The van der Waals surface area contributed by atoms with E-state index in [4.69, 9.17) is 4.98 Å². The first kappa shape index (κ1) is 18.0. The Morgan fingerprint density at radius 1 is 1.17 bits per heavy atom. The Labute approximate surface area is 171 Å². The fraction of sp³-hybridized carbons (Fsp3) is 0.300. The smallest absolute Gasteiger partial charge is 0.191 e. The predicted molar refractivity (Wildman–Crippen MR) is 114 cm³/mol. The Morgan fingerprint density at radius 2 is 2.03 bits per heavy atom. The fourth-order valence-corrected chi connectivity index (χ4v) is 4.61. The van der Waals surface area contributed by atoms with Crippen LogP contribution in [0, 0.1) is 0 Å². The number of aromatic amines is 1. The van der Waals surface area contributed by atoms with Gasteiger partial charge in [-0.05, 0) is 44.1 Å². The monoisotopic (exact) mass is 407 g/mol. The van der Waals surface area contributed by atoms with Crippen LogP contribution in [-0.2, 0) is 0 Å². The topological polar surface area (TPSA) is 103 Å². The van der Waals surface area contributed by atoms with Gasteiger partial charge in [0, 0.05) is 30.4 Å². The van der Waals surface area contributed by atoms with Crippen molar-refractivity contribution in [3.8, 4) is 28.3 Å². The molecule has 148 valence electrons. The first-order chi connectivity index (χ1) is 14.2. The van der Waals surface area contributed by atoms with E-state index in [0.717, 1.165) is 47.2 Å². The van der Waals surface area contributed by atoms with E-state index in [2.05, 4.69) is 37.4 Å². The summed E-state index contributed by atoms with van der Waals surface area (Å²) >= 11 is 1.54. The third-order valence-corrected chi connectivity index (χ3v) is 6.38. The zero-order chi connectivity index (χ0) is 19.8. The van der Waals surface area contributed by atoms with Crippen molar-refractivity contribution < 1.29 is 5.11 Å². The van der Waals surface area contributed by atoms with Gasteiger partial charge in [-0.25, -0.2) is 9.97 Å². The Hall–Kier alpha value is -3.04. The lowest BCUT2D eigenvalue weighted by molar-refractivity contribution is 0.443. The summed E-state index contributed by atoms with van der Waals surface area (Å²) in [6.45, 7) is 2.07. The highest BCUT2D eigenvalue weighted by Gasteiger charge is 2.21. The summed E-state index contributed by atoms with van der Waals surface area (Å²) < 4.78 is 0. The molecule has 0 unspecified atom stereocenters. The molecule has 9 heteroatoms. The molecule has 1 aromatic carbocycles. The van der Waals surface area contributed by atoms with Gasteiger partial charge in [0.15, 0.2) is 15.6 Å².